The van der Waals surface area contributed by atoms with E-state index in [-0.39, 0.29) is 5.97 Å². The molecule has 0 fully saturated rings. The number of aliphatic hydroxyl groups excluding tert-OH is 1. The second kappa shape index (κ2) is 33.1. The third-order valence-electron chi connectivity index (χ3n) is 8.92. The zero-order chi connectivity index (χ0) is 30.9. The van der Waals surface area contributed by atoms with E-state index in [4.69, 9.17) is 4.74 Å². The van der Waals surface area contributed by atoms with Crippen molar-refractivity contribution in [1.29, 1.82) is 0 Å². The molecule has 42 heavy (non-hydrogen) atoms. The molecule has 0 amide bonds. The first-order valence-electron chi connectivity index (χ1n) is 19.2. The summed E-state index contributed by atoms with van der Waals surface area (Å²) in [5.74, 6) is -0.226. The van der Waals surface area contributed by atoms with Gasteiger partial charge in [0.1, 0.15) is 0 Å². The molecule has 0 saturated heterocycles. The molecule has 0 aromatic heterocycles. The van der Waals surface area contributed by atoms with Gasteiger partial charge in [-0.1, -0.05) is 181 Å². The third kappa shape index (κ3) is 26.8. The quantitative estimate of drug-likeness (QED) is 0.0357. The first-order valence-corrected chi connectivity index (χ1v) is 19.2. The fraction of sp³-hybridized carbons (Fsp3) is 0.923. The molecule has 1 atom stereocenters. The lowest BCUT2D eigenvalue weighted by atomic mass is 9.92. The van der Waals surface area contributed by atoms with Crippen LogP contribution in [0.3, 0.4) is 0 Å². The van der Waals surface area contributed by atoms with E-state index in [0.717, 1.165) is 50.5 Å². The van der Waals surface area contributed by atoms with Gasteiger partial charge in [-0.2, -0.15) is 0 Å². The van der Waals surface area contributed by atoms with E-state index in [1.165, 1.54) is 153 Å². The molecule has 0 saturated carbocycles. The zero-order valence-corrected chi connectivity index (χ0v) is 29.3. The van der Waals surface area contributed by atoms with E-state index in [1.54, 1.807) is 0 Å². The van der Waals surface area contributed by atoms with E-state index < -0.39 is 6.29 Å². The summed E-state index contributed by atoms with van der Waals surface area (Å²) < 4.78 is 5.69. The summed E-state index contributed by atoms with van der Waals surface area (Å²) in [6.45, 7) is 8.99. The van der Waals surface area contributed by atoms with Crippen molar-refractivity contribution in [2.45, 2.75) is 233 Å². The normalized spacial score (nSPS) is 12.0. The van der Waals surface area contributed by atoms with Crippen LogP contribution in [-0.4, -0.2) is 17.4 Å². The first kappa shape index (κ1) is 41.2. The maximum Gasteiger partial charge on any atom is 0.336 e. The predicted molar refractivity (Wildman–Crippen MR) is 185 cm³/mol. The Labute approximate surface area is 264 Å². The van der Waals surface area contributed by atoms with Gasteiger partial charge < -0.3 is 9.84 Å². The molecule has 3 heteroatoms. The molecule has 0 aliphatic rings. The summed E-state index contributed by atoms with van der Waals surface area (Å²) >= 11 is 0. The highest BCUT2D eigenvalue weighted by atomic mass is 16.6. The third-order valence-corrected chi connectivity index (χ3v) is 8.92. The lowest BCUT2D eigenvalue weighted by molar-refractivity contribution is -0.164. The van der Waals surface area contributed by atoms with Gasteiger partial charge in [-0.15, -0.1) is 0 Å². The Morgan fingerprint density at radius 2 is 0.762 bits per heavy atom. The highest BCUT2D eigenvalue weighted by molar-refractivity contribution is 5.89. The number of allylic oxidation sites excluding steroid dienone is 1. The van der Waals surface area contributed by atoms with E-state index in [2.05, 4.69) is 27.7 Å². The van der Waals surface area contributed by atoms with Gasteiger partial charge in [0.15, 0.2) is 0 Å². The van der Waals surface area contributed by atoms with Crippen LogP contribution in [0.1, 0.15) is 227 Å². The molecular formula is C39H76O3. The molecular weight excluding hydrogens is 516 g/mol. The van der Waals surface area contributed by atoms with Gasteiger partial charge in [0.2, 0.25) is 6.29 Å². The average molecular weight is 593 g/mol. The molecule has 0 aliphatic heterocycles. The van der Waals surface area contributed by atoms with Crippen LogP contribution >= 0.6 is 0 Å². The van der Waals surface area contributed by atoms with Crippen molar-refractivity contribution >= 4 is 5.97 Å². The van der Waals surface area contributed by atoms with Gasteiger partial charge in [-0.05, 0) is 44.9 Å². The molecule has 3 nitrogen and oxygen atoms in total. The summed E-state index contributed by atoms with van der Waals surface area (Å²) in [6, 6.07) is 0. The van der Waals surface area contributed by atoms with Crippen molar-refractivity contribution < 1.29 is 14.6 Å². The van der Waals surface area contributed by atoms with E-state index in [9.17, 15) is 9.90 Å². The summed E-state index contributed by atoms with van der Waals surface area (Å²) in [5.41, 5.74) is 2.27. The van der Waals surface area contributed by atoms with Crippen molar-refractivity contribution in [2.75, 3.05) is 0 Å². The Morgan fingerprint density at radius 3 is 1.14 bits per heavy atom. The minimum atomic E-state index is -0.967. The van der Waals surface area contributed by atoms with Gasteiger partial charge in [0.25, 0.3) is 0 Å². The average Bonchev–Trinajstić information content (AvgIpc) is 2.98. The molecule has 1 N–H and O–H groups in total. The van der Waals surface area contributed by atoms with Crippen molar-refractivity contribution in [3.63, 3.8) is 0 Å². The Balaban J connectivity index is 5.22. The largest absolute Gasteiger partial charge is 0.433 e. The summed E-state index contributed by atoms with van der Waals surface area (Å²) in [5, 5.41) is 10.5. The van der Waals surface area contributed by atoms with E-state index in [0.29, 0.717) is 6.42 Å². The van der Waals surface area contributed by atoms with Crippen LogP contribution in [0, 0.1) is 0 Å². The van der Waals surface area contributed by atoms with Crippen LogP contribution in [0.25, 0.3) is 0 Å². The second-order valence-electron chi connectivity index (χ2n) is 13.1. The summed E-state index contributed by atoms with van der Waals surface area (Å²) in [4.78, 5) is 13.5. The molecule has 0 bridgehead atoms. The summed E-state index contributed by atoms with van der Waals surface area (Å²) in [6.07, 6.45) is 36.6. The van der Waals surface area contributed by atoms with Crippen LogP contribution in [0.5, 0.6) is 0 Å². The van der Waals surface area contributed by atoms with Crippen LogP contribution in [0.2, 0.25) is 0 Å². The van der Waals surface area contributed by atoms with Crippen LogP contribution in [-0.2, 0) is 9.53 Å². The van der Waals surface area contributed by atoms with Crippen molar-refractivity contribution in [3.05, 3.63) is 11.1 Å². The highest BCUT2D eigenvalue weighted by Crippen LogP contribution is 2.27. The Bertz CT molecular complexity index is 574. The molecule has 1 unspecified atom stereocenters. The molecule has 0 aliphatic carbocycles. The van der Waals surface area contributed by atoms with Crippen LogP contribution < -0.4 is 0 Å². The van der Waals surface area contributed by atoms with Gasteiger partial charge in [0, 0.05) is 12.0 Å². The lowest BCUT2D eigenvalue weighted by Gasteiger charge is -2.18. The van der Waals surface area contributed by atoms with Gasteiger partial charge >= 0.3 is 5.97 Å². The Kier molecular flexibility index (Phi) is 32.4. The number of rotatable bonds is 33. The number of carbonyl (C=O) groups excluding carboxylic acids is 1. The number of hydrogen-bond donors (Lipinski definition) is 1. The number of carbonyl (C=O) groups is 1. The van der Waals surface area contributed by atoms with Crippen LogP contribution in [0.15, 0.2) is 11.1 Å². The maximum absolute atomic E-state index is 13.5. The van der Waals surface area contributed by atoms with E-state index >= 15 is 0 Å². The van der Waals surface area contributed by atoms with Crippen molar-refractivity contribution in [2.24, 2.45) is 0 Å². The SMILES string of the molecule is CCCCCCCCCCC(CCCCCCCCCC)=C(CCCCCCCCCC)C(=O)OC(O)CCCCC. The monoisotopic (exact) mass is 593 g/mol. The Hall–Kier alpha value is -0.830. The molecule has 0 heterocycles. The van der Waals surface area contributed by atoms with Gasteiger partial charge in [-0.3, -0.25) is 0 Å². The van der Waals surface area contributed by atoms with E-state index in [1.807, 2.05) is 0 Å². The number of esters is 1. The van der Waals surface area contributed by atoms with Gasteiger partial charge in [-0.25, -0.2) is 4.79 Å². The fourth-order valence-electron chi connectivity index (χ4n) is 6.05. The van der Waals surface area contributed by atoms with Crippen molar-refractivity contribution in [3.8, 4) is 0 Å². The van der Waals surface area contributed by atoms with Crippen molar-refractivity contribution in [1.82, 2.24) is 0 Å². The number of ether oxygens (including phenoxy) is 1. The topological polar surface area (TPSA) is 46.5 Å². The fourth-order valence-corrected chi connectivity index (χ4v) is 6.05. The molecule has 0 radical (unpaired) electrons. The molecule has 0 aromatic carbocycles. The maximum atomic E-state index is 13.5. The number of aliphatic hydroxyl groups is 1. The number of unbranched alkanes of at least 4 members (excludes halogenated alkanes) is 23. The molecule has 0 rings (SSSR count). The smallest absolute Gasteiger partial charge is 0.336 e. The molecule has 0 aromatic rings. The Morgan fingerprint density at radius 1 is 0.452 bits per heavy atom. The molecule has 0 spiro atoms. The standard InChI is InChI=1S/C39H76O3/c1-5-9-13-16-19-22-25-29-32-36(33-30-26-23-20-17-14-10-6-2)37(34-31-27-24-21-18-15-11-7-3)39(41)42-38(40)35-28-12-8-4/h38,40H,5-35H2,1-4H3. The predicted octanol–water partition coefficient (Wildman–Crippen LogP) is 13.3. The highest BCUT2D eigenvalue weighted by Gasteiger charge is 2.20. The lowest BCUT2D eigenvalue weighted by Crippen LogP contribution is -2.20. The first-order chi connectivity index (χ1) is 20.6. The minimum Gasteiger partial charge on any atom is -0.433 e. The summed E-state index contributed by atoms with van der Waals surface area (Å²) in [7, 11) is 0. The number of hydrogen-bond acceptors (Lipinski definition) is 3. The second-order valence-corrected chi connectivity index (χ2v) is 13.1. The zero-order valence-electron chi connectivity index (χ0n) is 29.3. The molecule has 250 valence electrons. The minimum absolute atomic E-state index is 0.226. The van der Waals surface area contributed by atoms with Gasteiger partial charge in [0.05, 0.1) is 0 Å². The van der Waals surface area contributed by atoms with Crippen LogP contribution in [0.4, 0.5) is 0 Å².